The standard InChI is InChI=1S/C18H33N5OS/c1-6-19-18(21-12-17-22-14(4)15(5)25-17)20-11-16(13(2)3)23-7-9-24-10-8-23/h13,16H,6-12H2,1-5H3,(H2,19,20,21). The summed E-state index contributed by atoms with van der Waals surface area (Å²) in [7, 11) is 0. The van der Waals surface area contributed by atoms with E-state index in [1.807, 2.05) is 0 Å². The fourth-order valence-corrected chi connectivity index (χ4v) is 3.85. The molecule has 0 spiro atoms. The molecule has 1 unspecified atom stereocenters. The molecule has 2 N–H and O–H groups in total. The zero-order valence-corrected chi connectivity index (χ0v) is 17.1. The maximum absolute atomic E-state index is 5.49. The zero-order valence-electron chi connectivity index (χ0n) is 16.3. The fourth-order valence-electron chi connectivity index (χ4n) is 2.99. The van der Waals surface area contributed by atoms with Crippen molar-refractivity contribution in [3.05, 3.63) is 15.6 Å². The van der Waals surface area contributed by atoms with Crippen molar-refractivity contribution in [3.8, 4) is 0 Å². The third kappa shape index (κ3) is 6.24. The number of aliphatic imine (C=N–C) groups is 1. The average Bonchev–Trinajstić information content (AvgIpc) is 2.91. The first-order valence-corrected chi connectivity index (χ1v) is 10.1. The number of rotatable bonds is 7. The van der Waals surface area contributed by atoms with Crippen molar-refractivity contribution in [2.24, 2.45) is 10.9 Å². The van der Waals surface area contributed by atoms with Crippen LogP contribution < -0.4 is 10.6 Å². The Bertz CT molecular complexity index is 532. The summed E-state index contributed by atoms with van der Waals surface area (Å²) in [5.74, 6) is 1.45. The quantitative estimate of drug-likeness (QED) is 0.571. The van der Waals surface area contributed by atoms with Gasteiger partial charge in [-0.3, -0.25) is 4.90 Å². The molecule has 1 aromatic rings. The highest BCUT2D eigenvalue weighted by molar-refractivity contribution is 7.11. The second-order valence-electron chi connectivity index (χ2n) is 6.78. The fraction of sp³-hybridized carbons (Fsp3) is 0.778. The van der Waals surface area contributed by atoms with Crippen LogP contribution in [0.2, 0.25) is 0 Å². The van der Waals surface area contributed by atoms with Gasteiger partial charge in [-0.25, -0.2) is 9.98 Å². The minimum atomic E-state index is 0.483. The molecule has 2 rings (SSSR count). The predicted octanol–water partition coefficient (Wildman–Crippen LogP) is 2.17. The van der Waals surface area contributed by atoms with E-state index in [2.05, 4.69) is 55.1 Å². The molecular formula is C18H33N5OS. The maximum Gasteiger partial charge on any atom is 0.191 e. The van der Waals surface area contributed by atoms with Crippen molar-refractivity contribution in [3.63, 3.8) is 0 Å². The molecular weight excluding hydrogens is 334 g/mol. The number of hydrogen-bond donors (Lipinski definition) is 2. The number of nitrogens with one attached hydrogen (secondary N) is 2. The van der Waals surface area contributed by atoms with Crippen molar-refractivity contribution in [2.75, 3.05) is 39.4 Å². The SMILES string of the molecule is CCNC(=NCc1nc(C)c(C)s1)NCC(C(C)C)N1CCOCC1. The molecule has 142 valence electrons. The first-order valence-electron chi connectivity index (χ1n) is 9.28. The number of morpholine rings is 1. The summed E-state index contributed by atoms with van der Waals surface area (Å²) in [6.07, 6.45) is 0. The van der Waals surface area contributed by atoms with Gasteiger partial charge in [-0.2, -0.15) is 0 Å². The largest absolute Gasteiger partial charge is 0.379 e. The van der Waals surface area contributed by atoms with Gasteiger partial charge >= 0.3 is 0 Å². The van der Waals surface area contributed by atoms with Crippen LogP contribution in [0, 0.1) is 19.8 Å². The number of aryl methyl sites for hydroxylation is 2. The summed E-state index contributed by atoms with van der Waals surface area (Å²) in [5, 5.41) is 7.94. The van der Waals surface area contributed by atoms with E-state index in [4.69, 9.17) is 9.73 Å². The van der Waals surface area contributed by atoms with Crippen LogP contribution in [-0.2, 0) is 11.3 Å². The number of nitrogens with zero attached hydrogens (tertiary/aromatic N) is 3. The van der Waals surface area contributed by atoms with Crippen LogP contribution in [0.25, 0.3) is 0 Å². The molecule has 0 aromatic carbocycles. The molecule has 0 radical (unpaired) electrons. The Hall–Kier alpha value is -1.18. The summed E-state index contributed by atoms with van der Waals surface area (Å²) in [4.78, 5) is 13.1. The van der Waals surface area contributed by atoms with Crippen LogP contribution in [0.5, 0.6) is 0 Å². The van der Waals surface area contributed by atoms with Crippen LogP contribution in [0.1, 0.15) is 36.3 Å². The Morgan fingerprint density at radius 2 is 2.00 bits per heavy atom. The molecule has 0 bridgehead atoms. The van der Waals surface area contributed by atoms with Gasteiger partial charge in [0.1, 0.15) is 5.01 Å². The summed E-state index contributed by atoms with van der Waals surface area (Å²) in [5.41, 5.74) is 1.11. The molecule has 0 aliphatic carbocycles. The Labute approximate surface area is 156 Å². The van der Waals surface area contributed by atoms with E-state index in [0.717, 1.165) is 56.1 Å². The van der Waals surface area contributed by atoms with Gasteiger partial charge in [0.15, 0.2) is 5.96 Å². The van der Waals surface area contributed by atoms with Crippen LogP contribution in [0.4, 0.5) is 0 Å². The third-order valence-electron chi connectivity index (χ3n) is 4.55. The molecule has 1 fully saturated rings. The summed E-state index contributed by atoms with van der Waals surface area (Å²) < 4.78 is 5.49. The van der Waals surface area contributed by atoms with Crippen LogP contribution in [0.15, 0.2) is 4.99 Å². The van der Waals surface area contributed by atoms with Crippen LogP contribution >= 0.6 is 11.3 Å². The highest BCUT2D eigenvalue weighted by Crippen LogP contribution is 2.17. The number of ether oxygens (including phenoxy) is 1. The molecule has 1 aromatic heterocycles. The molecule has 1 aliphatic heterocycles. The van der Waals surface area contributed by atoms with Crippen molar-refractivity contribution < 1.29 is 4.74 Å². The summed E-state index contributed by atoms with van der Waals surface area (Å²) in [6, 6.07) is 0.483. The van der Waals surface area contributed by atoms with Gasteiger partial charge in [0, 0.05) is 37.1 Å². The highest BCUT2D eigenvalue weighted by Gasteiger charge is 2.23. The Morgan fingerprint density at radius 1 is 1.28 bits per heavy atom. The van der Waals surface area contributed by atoms with E-state index < -0.39 is 0 Å². The lowest BCUT2D eigenvalue weighted by molar-refractivity contribution is 0.00752. The van der Waals surface area contributed by atoms with E-state index >= 15 is 0 Å². The van der Waals surface area contributed by atoms with E-state index in [0.29, 0.717) is 18.5 Å². The summed E-state index contributed by atoms with van der Waals surface area (Å²) in [6.45, 7) is 16.9. The molecule has 0 amide bonds. The lowest BCUT2D eigenvalue weighted by Crippen LogP contribution is -2.52. The molecule has 1 saturated heterocycles. The van der Waals surface area contributed by atoms with Crippen molar-refractivity contribution in [1.82, 2.24) is 20.5 Å². The minimum absolute atomic E-state index is 0.483. The second kappa shape index (κ2) is 10.1. The van der Waals surface area contributed by atoms with E-state index in [1.165, 1.54) is 4.88 Å². The third-order valence-corrected chi connectivity index (χ3v) is 5.61. The summed E-state index contributed by atoms with van der Waals surface area (Å²) >= 11 is 1.73. The van der Waals surface area contributed by atoms with E-state index in [9.17, 15) is 0 Å². The molecule has 1 atom stereocenters. The predicted molar refractivity (Wildman–Crippen MR) is 105 cm³/mol. The Morgan fingerprint density at radius 3 is 2.56 bits per heavy atom. The van der Waals surface area contributed by atoms with E-state index in [1.54, 1.807) is 11.3 Å². The highest BCUT2D eigenvalue weighted by atomic mass is 32.1. The van der Waals surface area contributed by atoms with Gasteiger partial charge in [-0.05, 0) is 26.7 Å². The Balaban J connectivity index is 1.95. The zero-order chi connectivity index (χ0) is 18.2. The molecule has 1 aliphatic rings. The van der Waals surface area contributed by atoms with Gasteiger partial charge < -0.3 is 15.4 Å². The minimum Gasteiger partial charge on any atom is -0.379 e. The first-order chi connectivity index (χ1) is 12.0. The lowest BCUT2D eigenvalue weighted by atomic mass is 10.0. The van der Waals surface area contributed by atoms with Gasteiger partial charge in [-0.15, -0.1) is 11.3 Å². The van der Waals surface area contributed by atoms with Crippen LogP contribution in [0.3, 0.4) is 0 Å². The van der Waals surface area contributed by atoms with Crippen molar-refractivity contribution in [1.29, 1.82) is 0 Å². The van der Waals surface area contributed by atoms with Crippen molar-refractivity contribution in [2.45, 2.75) is 47.2 Å². The van der Waals surface area contributed by atoms with E-state index in [-0.39, 0.29) is 0 Å². The van der Waals surface area contributed by atoms with Gasteiger partial charge in [0.05, 0.1) is 25.5 Å². The first kappa shape index (κ1) is 20.1. The van der Waals surface area contributed by atoms with Crippen molar-refractivity contribution >= 4 is 17.3 Å². The molecule has 25 heavy (non-hydrogen) atoms. The topological polar surface area (TPSA) is 61.8 Å². The normalized spacial score (nSPS) is 17.8. The van der Waals surface area contributed by atoms with Gasteiger partial charge in [0.2, 0.25) is 0 Å². The monoisotopic (exact) mass is 367 g/mol. The molecule has 6 nitrogen and oxygen atoms in total. The second-order valence-corrected chi connectivity index (χ2v) is 8.07. The number of hydrogen-bond acceptors (Lipinski definition) is 5. The van der Waals surface area contributed by atoms with Gasteiger partial charge in [-0.1, -0.05) is 13.8 Å². The maximum atomic E-state index is 5.49. The molecule has 2 heterocycles. The number of aromatic nitrogens is 1. The van der Waals surface area contributed by atoms with Gasteiger partial charge in [0.25, 0.3) is 0 Å². The number of thiazole rings is 1. The Kier molecular flexibility index (Phi) is 8.12. The van der Waals surface area contributed by atoms with Crippen LogP contribution in [-0.4, -0.2) is 61.3 Å². The average molecular weight is 368 g/mol. The molecule has 7 heteroatoms. The lowest BCUT2D eigenvalue weighted by Gasteiger charge is -2.37. The molecule has 0 saturated carbocycles. The smallest absolute Gasteiger partial charge is 0.191 e. The number of guanidine groups is 1.